The van der Waals surface area contributed by atoms with Gasteiger partial charge in [0.2, 0.25) is 15.9 Å². The van der Waals surface area contributed by atoms with E-state index < -0.39 is 16.1 Å². The number of nitrogens with one attached hydrogen (secondary N) is 1. The Hall–Kier alpha value is -1.74. The molecule has 2 aromatic rings. The fraction of sp³-hybridized carbons (Fsp3) is 0.545. The van der Waals surface area contributed by atoms with Crippen LogP contribution in [0.2, 0.25) is 0 Å². The van der Waals surface area contributed by atoms with Gasteiger partial charge < -0.3 is 4.52 Å². The zero-order valence-electron chi connectivity index (χ0n) is 11.6. The largest absolute Gasteiger partial charge is 0.338 e. The van der Waals surface area contributed by atoms with Crippen LogP contribution in [-0.2, 0) is 23.0 Å². The van der Waals surface area contributed by atoms with E-state index in [2.05, 4.69) is 20.0 Å². The molecule has 0 saturated carbocycles. The van der Waals surface area contributed by atoms with Crippen molar-refractivity contribution in [1.82, 2.24) is 24.6 Å². The zero-order chi connectivity index (χ0) is 14.8. The number of hydrogen-bond donors (Lipinski definition) is 1. The molecule has 1 atom stereocenters. The molecule has 8 nitrogen and oxygen atoms in total. The normalized spacial score (nSPS) is 13.6. The van der Waals surface area contributed by atoms with Crippen molar-refractivity contribution in [3.63, 3.8) is 0 Å². The highest BCUT2D eigenvalue weighted by Crippen LogP contribution is 2.15. The predicted molar refractivity (Wildman–Crippen MR) is 70.3 cm³/mol. The highest BCUT2D eigenvalue weighted by atomic mass is 32.2. The lowest BCUT2D eigenvalue weighted by Gasteiger charge is -2.08. The Balaban J connectivity index is 2.15. The van der Waals surface area contributed by atoms with Crippen LogP contribution in [0.3, 0.4) is 0 Å². The summed E-state index contributed by atoms with van der Waals surface area (Å²) in [4.78, 5) is 4.21. The summed E-state index contributed by atoms with van der Waals surface area (Å²) in [6, 6.07) is -0.599. The number of aromatic nitrogens is 4. The second kappa shape index (κ2) is 5.71. The molecule has 1 N–H and O–H groups in total. The number of sulfonamides is 1. The van der Waals surface area contributed by atoms with Crippen molar-refractivity contribution < 1.29 is 12.9 Å². The molecule has 0 aliphatic heterocycles. The monoisotopic (exact) mass is 299 g/mol. The molecular formula is C11H17N5O3S. The van der Waals surface area contributed by atoms with E-state index in [4.69, 9.17) is 4.52 Å². The predicted octanol–water partition coefficient (Wildman–Crippen LogP) is 0.888. The van der Waals surface area contributed by atoms with E-state index in [0.717, 1.165) is 0 Å². The van der Waals surface area contributed by atoms with E-state index >= 15 is 0 Å². The van der Waals surface area contributed by atoms with Crippen molar-refractivity contribution in [3.8, 4) is 0 Å². The van der Waals surface area contributed by atoms with Gasteiger partial charge in [0.25, 0.3) is 0 Å². The molecule has 9 heteroatoms. The average molecular weight is 299 g/mol. The molecule has 0 radical (unpaired) electrons. The Labute approximate surface area is 117 Å². The quantitative estimate of drug-likeness (QED) is 0.849. The Morgan fingerprint density at radius 1 is 1.45 bits per heavy atom. The summed E-state index contributed by atoms with van der Waals surface area (Å²) in [5, 5.41) is 7.68. The van der Waals surface area contributed by atoms with Gasteiger partial charge in [-0.25, -0.2) is 8.42 Å². The van der Waals surface area contributed by atoms with E-state index in [1.807, 2.05) is 13.8 Å². The van der Waals surface area contributed by atoms with Gasteiger partial charge in [-0.3, -0.25) is 4.68 Å². The van der Waals surface area contributed by atoms with Gasteiger partial charge in [0.1, 0.15) is 4.90 Å². The molecule has 0 aromatic carbocycles. The Morgan fingerprint density at radius 2 is 2.20 bits per heavy atom. The maximum absolute atomic E-state index is 12.2. The number of nitrogens with zero attached hydrogens (tertiary/aromatic N) is 4. The van der Waals surface area contributed by atoms with Crippen LogP contribution in [0.1, 0.15) is 38.5 Å². The van der Waals surface area contributed by atoms with E-state index in [0.29, 0.717) is 18.8 Å². The third-order valence-corrected chi connectivity index (χ3v) is 4.24. The summed E-state index contributed by atoms with van der Waals surface area (Å²) in [6.45, 7) is 6.02. The second-order valence-corrected chi connectivity index (χ2v) is 5.99. The molecule has 0 spiro atoms. The number of rotatable bonds is 6. The summed E-state index contributed by atoms with van der Waals surface area (Å²) in [5.74, 6) is 0.790. The molecule has 0 amide bonds. The summed E-state index contributed by atoms with van der Waals surface area (Å²) in [6.07, 6.45) is 3.41. The van der Waals surface area contributed by atoms with E-state index in [9.17, 15) is 8.42 Å². The fourth-order valence-electron chi connectivity index (χ4n) is 1.59. The van der Waals surface area contributed by atoms with Crippen LogP contribution < -0.4 is 4.72 Å². The molecule has 0 bridgehead atoms. The first-order chi connectivity index (χ1) is 9.46. The van der Waals surface area contributed by atoms with Crippen molar-refractivity contribution in [2.75, 3.05) is 0 Å². The van der Waals surface area contributed by atoms with Gasteiger partial charge in [0.15, 0.2) is 5.82 Å². The zero-order valence-corrected chi connectivity index (χ0v) is 12.4. The Bertz CT molecular complexity index is 676. The van der Waals surface area contributed by atoms with E-state index in [1.165, 1.54) is 12.4 Å². The lowest BCUT2D eigenvalue weighted by molar-refractivity contribution is 0.350. The lowest BCUT2D eigenvalue weighted by Crippen LogP contribution is -2.26. The maximum Gasteiger partial charge on any atom is 0.244 e. The van der Waals surface area contributed by atoms with Crippen molar-refractivity contribution in [2.24, 2.45) is 0 Å². The van der Waals surface area contributed by atoms with E-state index in [-0.39, 0.29) is 10.8 Å². The smallest absolute Gasteiger partial charge is 0.244 e. The summed E-state index contributed by atoms with van der Waals surface area (Å²) in [5.41, 5.74) is 0. The molecule has 1 unspecified atom stereocenters. The summed E-state index contributed by atoms with van der Waals surface area (Å²) in [7, 11) is -3.66. The molecule has 2 aromatic heterocycles. The van der Waals surface area contributed by atoms with E-state index in [1.54, 1.807) is 11.6 Å². The molecule has 0 aliphatic rings. The molecule has 2 rings (SSSR count). The third-order valence-electron chi connectivity index (χ3n) is 2.75. The van der Waals surface area contributed by atoms with Gasteiger partial charge >= 0.3 is 0 Å². The van der Waals surface area contributed by atoms with Gasteiger partial charge in [-0.15, -0.1) is 0 Å². The van der Waals surface area contributed by atoms with Crippen LogP contribution in [0.25, 0.3) is 0 Å². The molecular weight excluding hydrogens is 282 g/mol. The minimum Gasteiger partial charge on any atom is -0.338 e. The SMILES string of the molecule is CCc1noc(C(C)NS(=O)(=O)c2cnn(CC)c2)n1. The summed E-state index contributed by atoms with van der Waals surface area (Å²) < 4.78 is 33.4. The van der Waals surface area contributed by atoms with Crippen LogP contribution in [0.4, 0.5) is 0 Å². The van der Waals surface area contributed by atoms with Crippen LogP contribution >= 0.6 is 0 Å². The number of hydrogen-bond acceptors (Lipinski definition) is 6. The van der Waals surface area contributed by atoms with Gasteiger partial charge in [-0.2, -0.15) is 14.8 Å². The third kappa shape index (κ3) is 3.05. The Morgan fingerprint density at radius 3 is 2.75 bits per heavy atom. The van der Waals surface area contributed by atoms with Crippen LogP contribution in [0.5, 0.6) is 0 Å². The van der Waals surface area contributed by atoms with Crippen LogP contribution in [0, 0.1) is 0 Å². The first kappa shape index (κ1) is 14.7. The van der Waals surface area contributed by atoms with Crippen LogP contribution in [-0.4, -0.2) is 28.3 Å². The fourth-order valence-corrected chi connectivity index (χ4v) is 2.74. The lowest BCUT2D eigenvalue weighted by atomic mass is 10.4. The topological polar surface area (TPSA) is 103 Å². The number of aryl methyl sites for hydroxylation is 2. The van der Waals surface area contributed by atoms with Gasteiger partial charge in [-0.1, -0.05) is 12.1 Å². The molecule has 110 valence electrons. The average Bonchev–Trinajstić information content (AvgIpc) is 3.07. The summed E-state index contributed by atoms with van der Waals surface area (Å²) >= 11 is 0. The molecule has 2 heterocycles. The highest BCUT2D eigenvalue weighted by molar-refractivity contribution is 7.89. The minimum absolute atomic E-state index is 0.112. The van der Waals surface area contributed by atoms with Crippen molar-refractivity contribution in [3.05, 3.63) is 24.1 Å². The van der Waals surface area contributed by atoms with Gasteiger partial charge in [0.05, 0.1) is 12.2 Å². The second-order valence-electron chi connectivity index (χ2n) is 4.28. The van der Waals surface area contributed by atoms with Gasteiger partial charge in [0, 0.05) is 19.2 Å². The molecule has 20 heavy (non-hydrogen) atoms. The van der Waals surface area contributed by atoms with Crippen molar-refractivity contribution in [2.45, 2.75) is 44.7 Å². The minimum atomic E-state index is -3.66. The van der Waals surface area contributed by atoms with Gasteiger partial charge in [-0.05, 0) is 13.8 Å². The van der Waals surface area contributed by atoms with Crippen LogP contribution in [0.15, 0.2) is 21.8 Å². The maximum atomic E-state index is 12.2. The Kier molecular flexibility index (Phi) is 4.19. The molecule has 0 saturated heterocycles. The van der Waals surface area contributed by atoms with Crippen molar-refractivity contribution >= 4 is 10.0 Å². The molecule has 0 aliphatic carbocycles. The van der Waals surface area contributed by atoms with Crippen molar-refractivity contribution in [1.29, 1.82) is 0 Å². The first-order valence-electron chi connectivity index (χ1n) is 6.33. The standard InChI is InChI=1S/C11H17N5O3S/c1-4-10-13-11(19-14-10)8(3)15-20(17,18)9-6-12-16(5-2)7-9/h6-8,15H,4-5H2,1-3H3. The molecule has 0 fully saturated rings. The highest BCUT2D eigenvalue weighted by Gasteiger charge is 2.23. The first-order valence-corrected chi connectivity index (χ1v) is 7.81.